The molecule has 0 saturated carbocycles. The summed E-state index contributed by atoms with van der Waals surface area (Å²) in [5, 5.41) is 10.6. The number of aromatic hydroxyl groups is 1. The molecule has 0 amide bonds. The lowest BCUT2D eigenvalue weighted by Crippen LogP contribution is -1.87. The predicted molar refractivity (Wildman–Crippen MR) is 85.3 cm³/mol. The van der Waals surface area contributed by atoms with Crippen molar-refractivity contribution in [2.75, 3.05) is 0 Å². The van der Waals surface area contributed by atoms with Gasteiger partial charge in [-0.25, -0.2) is 9.98 Å². The van der Waals surface area contributed by atoms with Crippen LogP contribution in [0.1, 0.15) is 11.3 Å². The number of fused-ring (bicyclic) bond motifs is 1. The van der Waals surface area contributed by atoms with Gasteiger partial charge in [0.15, 0.2) is 0 Å². The standard InChI is InChI=1S/C15H11Cl2N3O/c1-9-8-20-13(3-2-4-14(20)19-9)18-7-10-5-11(16)6-12(17)15(10)21/h2-8,21H,1H3/b18-7+. The molecule has 0 fully saturated rings. The molecular formula is C15H11Cl2N3O. The summed E-state index contributed by atoms with van der Waals surface area (Å²) in [6, 6.07) is 8.72. The molecule has 106 valence electrons. The molecule has 1 aromatic carbocycles. The molecule has 2 aromatic heterocycles. The second kappa shape index (κ2) is 5.39. The minimum absolute atomic E-state index is 0.0428. The van der Waals surface area contributed by atoms with Crippen molar-refractivity contribution in [2.24, 2.45) is 4.99 Å². The van der Waals surface area contributed by atoms with Crippen LogP contribution in [-0.2, 0) is 0 Å². The number of phenols is 1. The van der Waals surface area contributed by atoms with Crippen LogP contribution in [0.25, 0.3) is 5.65 Å². The van der Waals surface area contributed by atoms with Crippen LogP contribution in [0.15, 0.2) is 41.5 Å². The first-order valence-electron chi connectivity index (χ1n) is 6.21. The summed E-state index contributed by atoms with van der Waals surface area (Å²) in [4.78, 5) is 8.75. The van der Waals surface area contributed by atoms with Gasteiger partial charge in [0.2, 0.25) is 0 Å². The summed E-state index contributed by atoms with van der Waals surface area (Å²) in [7, 11) is 0. The fourth-order valence-corrected chi connectivity index (χ4v) is 2.55. The highest BCUT2D eigenvalue weighted by Crippen LogP contribution is 2.30. The molecule has 0 atom stereocenters. The first kappa shape index (κ1) is 13.9. The number of halogens is 2. The molecule has 3 rings (SSSR count). The first-order valence-corrected chi connectivity index (χ1v) is 6.97. The molecule has 0 radical (unpaired) electrons. The molecule has 4 nitrogen and oxygen atoms in total. The second-order valence-corrected chi connectivity index (χ2v) is 5.42. The SMILES string of the molecule is Cc1cn2c(/N=C/c3cc(Cl)cc(Cl)c3O)cccc2n1. The van der Waals surface area contributed by atoms with E-state index in [1.165, 1.54) is 12.3 Å². The van der Waals surface area contributed by atoms with Gasteiger partial charge in [0.1, 0.15) is 17.2 Å². The number of rotatable bonds is 2. The lowest BCUT2D eigenvalue weighted by Gasteiger charge is -2.03. The Bertz CT molecular complexity index is 855. The van der Waals surface area contributed by atoms with Gasteiger partial charge >= 0.3 is 0 Å². The Labute approximate surface area is 131 Å². The number of imidazole rings is 1. The number of hydrogen-bond donors (Lipinski definition) is 1. The van der Waals surface area contributed by atoms with E-state index in [4.69, 9.17) is 23.2 Å². The summed E-state index contributed by atoms with van der Waals surface area (Å²) in [5.74, 6) is 0.655. The molecule has 1 N–H and O–H groups in total. The van der Waals surface area contributed by atoms with Gasteiger partial charge in [-0.3, -0.25) is 4.40 Å². The average Bonchev–Trinajstić information content (AvgIpc) is 2.82. The van der Waals surface area contributed by atoms with Gasteiger partial charge in [0.25, 0.3) is 0 Å². The summed E-state index contributed by atoms with van der Waals surface area (Å²) in [5.41, 5.74) is 2.18. The molecule has 0 aliphatic heterocycles. The van der Waals surface area contributed by atoms with Gasteiger partial charge in [-0.1, -0.05) is 29.3 Å². The molecule has 0 saturated heterocycles. The van der Waals surface area contributed by atoms with E-state index in [9.17, 15) is 5.11 Å². The number of aryl methyl sites for hydroxylation is 1. The monoisotopic (exact) mass is 319 g/mol. The Morgan fingerprint density at radius 1 is 1.29 bits per heavy atom. The van der Waals surface area contributed by atoms with Crippen LogP contribution in [-0.4, -0.2) is 20.7 Å². The molecule has 3 aromatic rings. The lowest BCUT2D eigenvalue weighted by molar-refractivity contribution is 0.475. The number of pyridine rings is 1. The van der Waals surface area contributed by atoms with Crippen LogP contribution in [0.5, 0.6) is 5.75 Å². The zero-order valence-electron chi connectivity index (χ0n) is 11.1. The molecule has 0 bridgehead atoms. The maximum atomic E-state index is 9.92. The van der Waals surface area contributed by atoms with E-state index in [1.54, 1.807) is 6.07 Å². The van der Waals surface area contributed by atoms with Crippen molar-refractivity contribution in [3.8, 4) is 5.75 Å². The Morgan fingerprint density at radius 2 is 2.10 bits per heavy atom. The topological polar surface area (TPSA) is 49.9 Å². The van der Waals surface area contributed by atoms with Crippen LogP contribution >= 0.6 is 23.2 Å². The number of aliphatic imine (C=N–C) groups is 1. The van der Waals surface area contributed by atoms with Crippen molar-refractivity contribution in [3.63, 3.8) is 0 Å². The average molecular weight is 320 g/mol. The Hall–Kier alpha value is -2.04. The maximum Gasteiger partial charge on any atom is 0.143 e. The summed E-state index contributed by atoms with van der Waals surface area (Å²) in [6.07, 6.45) is 3.42. The van der Waals surface area contributed by atoms with Crippen molar-refractivity contribution in [3.05, 3.63) is 57.8 Å². The van der Waals surface area contributed by atoms with Gasteiger partial charge in [-0.05, 0) is 31.2 Å². The van der Waals surface area contributed by atoms with E-state index in [2.05, 4.69) is 9.98 Å². The molecule has 0 unspecified atom stereocenters. The Balaban J connectivity index is 2.06. The number of hydrogen-bond acceptors (Lipinski definition) is 3. The summed E-state index contributed by atoms with van der Waals surface area (Å²) < 4.78 is 1.87. The predicted octanol–water partition coefficient (Wildman–Crippen LogP) is 4.41. The summed E-state index contributed by atoms with van der Waals surface area (Å²) >= 11 is 11.8. The third kappa shape index (κ3) is 2.73. The Kier molecular flexibility index (Phi) is 3.57. The third-order valence-corrected chi connectivity index (χ3v) is 3.49. The van der Waals surface area contributed by atoms with Crippen LogP contribution in [0.3, 0.4) is 0 Å². The minimum atomic E-state index is -0.0428. The van der Waals surface area contributed by atoms with Gasteiger partial charge in [0, 0.05) is 23.0 Å². The van der Waals surface area contributed by atoms with Crippen molar-refractivity contribution in [2.45, 2.75) is 6.92 Å². The van der Waals surface area contributed by atoms with E-state index in [-0.39, 0.29) is 10.8 Å². The third-order valence-electron chi connectivity index (χ3n) is 2.98. The zero-order chi connectivity index (χ0) is 15.0. The molecule has 0 aliphatic carbocycles. The fourth-order valence-electron chi connectivity index (χ4n) is 2.04. The molecule has 0 spiro atoms. The highest BCUT2D eigenvalue weighted by atomic mass is 35.5. The van der Waals surface area contributed by atoms with Crippen molar-refractivity contribution in [1.82, 2.24) is 9.38 Å². The molecule has 2 heterocycles. The number of phenolic OH excluding ortho intramolecular Hbond substituents is 1. The smallest absolute Gasteiger partial charge is 0.143 e. The second-order valence-electron chi connectivity index (χ2n) is 4.58. The van der Waals surface area contributed by atoms with Crippen LogP contribution in [0.4, 0.5) is 5.82 Å². The maximum absolute atomic E-state index is 9.92. The Morgan fingerprint density at radius 3 is 2.90 bits per heavy atom. The fraction of sp³-hybridized carbons (Fsp3) is 0.0667. The normalized spacial score (nSPS) is 11.6. The number of aromatic nitrogens is 2. The van der Waals surface area contributed by atoms with E-state index in [0.29, 0.717) is 16.4 Å². The number of nitrogens with zero attached hydrogens (tertiary/aromatic N) is 3. The largest absolute Gasteiger partial charge is 0.506 e. The summed E-state index contributed by atoms with van der Waals surface area (Å²) in [6.45, 7) is 1.92. The molecular weight excluding hydrogens is 309 g/mol. The molecule has 6 heteroatoms. The highest BCUT2D eigenvalue weighted by molar-refractivity contribution is 6.36. The number of benzene rings is 1. The van der Waals surface area contributed by atoms with Crippen molar-refractivity contribution < 1.29 is 5.11 Å². The quantitative estimate of drug-likeness (QED) is 0.711. The first-order chi connectivity index (χ1) is 10.0. The van der Waals surface area contributed by atoms with E-state index in [1.807, 2.05) is 35.7 Å². The zero-order valence-corrected chi connectivity index (χ0v) is 12.6. The van der Waals surface area contributed by atoms with E-state index < -0.39 is 0 Å². The van der Waals surface area contributed by atoms with Crippen molar-refractivity contribution in [1.29, 1.82) is 0 Å². The van der Waals surface area contributed by atoms with Gasteiger partial charge in [-0.15, -0.1) is 0 Å². The van der Waals surface area contributed by atoms with Crippen LogP contribution < -0.4 is 0 Å². The van der Waals surface area contributed by atoms with Crippen LogP contribution in [0, 0.1) is 6.92 Å². The molecule has 0 aliphatic rings. The molecule has 21 heavy (non-hydrogen) atoms. The van der Waals surface area contributed by atoms with Gasteiger partial charge < -0.3 is 5.11 Å². The van der Waals surface area contributed by atoms with Crippen LogP contribution in [0.2, 0.25) is 10.0 Å². The van der Waals surface area contributed by atoms with E-state index >= 15 is 0 Å². The highest BCUT2D eigenvalue weighted by Gasteiger charge is 2.06. The van der Waals surface area contributed by atoms with Gasteiger partial charge in [-0.2, -0.15) is 0 Å². The van der Waals surface area contributed by atoms with E-state index in [0.717, 1.165) is 11.3 Å². The lowest BCUT2D eigenvalue weighted by atomic mass is 10.2. The minimum Gasteiger partial charge on any atom is -0.506 e. The van der Waals surface area contributed by atoms with Crippen molar-refractivity contribution >= 4 is 40.9 Å². The van der Waals surface area contributed by atoms with Gasteiger partial charge in [0.05, 0.1) is 10.7 Å².